The summed E-state index contributed by atoms with van der Waals surface area (Å²) in [6.07, 6.45) is 2.53. The third kappa shape index (κ3) is 4.01. The fourth-order valence-electron chi connectivity index (χ4n) is 2.59. The zero-order valence-corrected chi connectivity index (χ0v) is 14.0. The van der Waals surface area contributed by atoms with Crippen molar-refractivity contribution in [2.45, 2.75) is 45.1 Å². The molecule has 116 valence electrons. The molecule has 1 saturated heterocycles. The maximum absolute atomic E-state index is 12.0. The Morgan fingerprint density at radius 2 is 2.19 bits per heavy atom. The van der Waals surface area contributed by atoms with Gasteiger partial charge >= 0.3 is 5.97 Å². The predicted molar refractivity (Wildman–Crippen MR) is 87.2 cm³/mol. The number of rotatable bonds is 6. The molecule has 0 radical (unpaired) electrons. The fraction of sp³-hybridized carbons (Fsp3) is 0.600. The van der Waals surface area contributed by atoms with E-state index in [2.05, 4.69) is 25.2 Å². The molecule has 2 rings (SSSR count). The first-order chi connectivity index (χ1) is 9.93. The van der Waals surface area contributed by atoms with Crippen LogP contribution in [0.5, 0.6) is 0 Å². The fourth-order valence-corrected chi connectivity index (χ4v) is 4.89. The van der Waals surface area contributed by atoms with Gasteiger partial charge in [-0.1, -0.05) is 0 Å². The summed E-state index contributed by atoms with van der Waals surface area (Å²) in [5, 5.41) is 12.1. The van der Waals surface area contributed by atoms with Crippen molar-refractivity contribution in [1.82, 2.24) is 5.32 Å². The number of carbonyl (C=O) groups is 2. The number of carboxylic acids is 1. The van der Waals surface area contributed by atoms with E-state index >= 15 is 0 Å². The second-order valence-electron chi connectivity index (χ2n) is 5.53. The van der Waals surface area contributed by atoms with Crippen molar-refractivity contribution in [3.8, 4) is 0 Å². The molecule has 1 aromatic heterocycles. The standard InChI is InChI=1S/C15H21NO3S2/c1-10-8-12(11(2)21-10)4-3-5-13(17)16-15(14(18)19)6-7-20-9-15/h8H,3-7,9H2,1-2H3,(H,16,17)(H,18,19). The van der Waals surface area contributed by atoms with Crippen LogP contribution in [0.3, 0.4) is 0 Å². The number of thioether (sulfide) groups is 1. The van der Waals surface area contributed by atoms with E-state index in [0.29, 0.717) is 18.6 Å². The van der Waals surface area contributed by atoms with Gasteiger partial charge in [0.05, 0.1) is 0 Å². The largest absolute Gasteiger partial charge is 0.479 e. The normalized spacial score (nSPS) is 21.4. The van der Waals surface area contributed by atoms with Crippen molar-refractivity contribution >= 4 is 35.0 Å². The van der Waals surface area contributed by atoms with Gasteiger partial charge in [-0.05, 0) is 50.5 Å². The van der Waals surface area contributed by atoms with E-state index in [1.54, 1.807) is 23.1 Å². The average Bonchev–Trinajstić information content (AvgIpc) is 2.98. The minimum absolute atomic E-state index is 0.149. The van der Waals surface area contributed by atoms with Crippen molar-refractivity contribution in [3.05, 3.63) is 21.4 Å². The van der Waals surface area contributed by atoms with Crippen LogP contribution in [0.4, 0.5) is 0 Å². The highest BCUT2D eigenvalue weighted by Crippen LogP contribution is 2.28. The average molecular weight is 327 g/mol. The molecule has 0 spiro atoms. The minimum Gasteiger partial charge on any atom is -0.479 e. The minimum atomic E-state index is -1.05. The quantitative estimate of drug-likeness (QED) is 0.843. The Morgan fingerprint density at radius 1 is 1.43 bits per heavy atom. The molecule has 1 aromatic rings. The number of hydrogen-bond donors (Lipinski definition) is 2. The molecule has 2 heterocycles. The van der Waals surface area contributed by atoms with Crippen LogP contribution in [-0.2, 0) is 16.0 Å². The van der Waals surface area contributed by atoms with Crippen molar-refractivity contribution in [3.63, 3.8) is 0 Å². The Hall–Kier alpha value is -1.01. The molecule has 1 amide bonds. The molecule has 1 aliphatic rings. The molecular weight excluding hydrogens is 306 g/mol. The van der Waals surface area contributed by atoms with Gasteiger partial charge < -0.3 is 10.4 Å². The summed E-state index contributed by atoms with van der Waals surface area (Å²) in [6, 6.07) is 2.17. The number of aliphatic carboxylic acids is 1. The smallest absolute Gasteiger partial charge is 0.330 e. The van der Waals surface area contributed by atoms with E-state index in [4.69, 9.17) is 0 Å². The molecule has 0 saturated carbocycles. The number of aryl methyl sites for hydroxylation is 3. The highest BCUT2D eigenvalue weighted by Gasteiger charge is 2.43. The van der Waals surface area contributed by atoms with Crippen molar-refractivity contribution < 1.29 is 14.7 Å². The van der Waals surface area contributed by atoms with Gasteiger partial charge in [-0.15, -0.1) is 11.3 Å². The van der Waals surface area contributed by atoms with Gasteiger partial charge in [-0.3, -0.25) is 4.79 Å². The van der Waals surface area contributed by atoms with Crippen LogP contribution in [0.25, 0.3) is 0 Å². The maximum Gasteiger partial charge on any atom is 0.330 e. The third-order valence-electron chi connectivity index (χ3n) is 3.80. The number of carboxylic acid groups (broad SMARTS) is 1. The zero-order valence-electron chi connectivity index (χ0n) is 12.4. The third-order valence-corrected chi connectivity index (χ3v) is 6.00. The lowest BCUT2D eigenvalue weighted by molar-refractivity contribution is -0.146. The van der Waals surface area contributed by atoms with Gasteiger partial charge in [0, 0.05) is 21.9 Å². The molecule has 0 aromatic carbocycles. The first-order valence-electron chi connectivity index (χ1n) is 7.11. The zero-order chi connectivity index (χ0) is 15.5. The Kier molecular flexibility index (Phi) is 5.32. The molecule has 1 unspecified atom stereocenters. The number of nitrogens with one attached hydrogen (secondary N) is 1. The van der Waals surface area contributed by atoms with Gasteiger partial charge in [0.1, 0.15) is 5.54 Å². The van der Waals surface area contributed by atoms with E-state index in [1.165, 1.54) is 15.3 Å². The predicted octanol–water partition coefficient (Wildman–Crippen LogP) is 2.76. The van der Waals surface area contributed by atoms with Crippen LogP contribution >= 0.6 is 23.1 Å². The lowest BCUT2D eigenvalue weighted by Crippen LogP contribution is -2.54. The lowest BCUT2D eigenvalue weighted by atomic mass is 9.98. The molecule has 0 bridgehead atoms. The molecular formula is C15H21NO3S2. The summed E-state index contributed by atoms with van der Waals surface area (Å²) in [5.41, 5.74) is 0.256. The molecule has 1 fully saturated rings. The highest BCUT2D eigenvalue weighted by molar-refractivity contribution is 7.99. The molecule has 21 heavy (non-hydrogen) atoms. The summed E-state index contributed by atoms with van der Waals surface area (Å²) in [6.45, 7) is 4.19. The van der Waals surface area contributed by atoms with Gasteiger partial charge in [0.2, 0.25) is 5.91 Å². The summed E-state index contributed by atoms with van der Waals surface area (Å²) in [7, 11) is 0. The monoisotopic (exact) mass is 327 g/mol. The summed E-state index contributed by atoms with van der Waals surface area (Å²) < 4.78 is 0. The Labute approximate surface area is 133 Å². The van der Waals surface area contributed by atoms with E-state index < -0.39 is 11.5 Å². The van der Waals surface area contributed by atoms with Gasteiger partial charge in [0.15, 0.2) is 0 Å². The summed E-state index contributed by atoms with van der Waals surface area (Å²) in [4.78, 5) is 26.0. The van der Waals surface area contributed by atoms with Crippen molar-refractivity contribution in [2.75, 3.05) is 11.5 Å². The number of carbonyl (C=O) groups excluding carboxylic acids is 1. The second-order valence-corrected chi connectivity index (χ2v) is 8.10. The Morgan fingerprint density at radius 3 is 2.71 bits per heavy atom. The Balaban J connectivity index is 1.82. The molecule has 2 N–H and O–H groups in total. The number of thiophene rings is 1. The second kappa shape index (κ2) is 6.83. The molecule has 0 aliphatic carbocycles. The van der Waals surface area contributed by atoms with E-state index in [0.717, 1.165) is 18.6 Å². The SMILES string of the molecule is Cc1cc(CCCC(=O)NC2(C(=O)O)CCSC2)c(C)s1. The van der Waals surface area contributed by atoms with Crippen LogP contribution in [0.2, 0.25) is 0 Å². The first-order valence-corrected chi connectivity index (χ1v) is 9.08. The molecule has 4 nitrogen and oxygen atoms in total. The van der Waals surface area contributed by atoms with Crippen molar-refractivity contribution in [1.29, 1.82) is 0 Å². The van der Waals surface area contributed by atoms with Gasteiger partial charge in [-0.2, -0.15) is 11.8 Å². The van der Waals surface area contributed by atoms with Crippen LogP contribution in [0.15, 0.2) is 6.07 Å². The van der Waals surface area contributed by atoms with E-state index in [1.807, 2.05) is 0 Å². The van der Waals surface area contributed by atoms with Crippen LogP contribution < -0.4 is 5.32 Å². The van der Waals surface area contributed by atoms with E-state index in [9.17, 15) is 14.7 Å². The topological polar surface area (TPSA) is 66.4 Å². The number of hydrogen-bond acceptors (Lipinski definition) is 4. The molecule has 1 atom stereocenters. The molecule has 1 aliphatic heterocycles. The first kappa shape index (κ1) is 16.4. The van der Waals surface area contributed by atoms with E-state index in [-0.39, 0.29) is 5.91 Å². The Bertz CT molecular complexity index is 533. The maximum atomic E-state index is 12.0. The highest BCUT2D eigenvalue weighted by atomic mass is 32.2. The van der Waals surface area contributed by atoms with Crippen LogP contribution in [0, 0.1) is 13.8 Å². The van der Waals surface area contributed by atoms with Gasteiger partial charge in [0.25, 0.3) is 0 Å². The summed E-state index contributed by atoms with van der Waals surface area (Å²) in [5.74, 6) is 0.200. The van der Waals surface area contributed by atoms with Crippen LogP contribution in [-0.4, -0.2) is 34.0 Å². The molecule has 6 heteroatoms. The number of amides is 1. The lowest BCUT2D eigenvalue weighted by Gasteiger charge is -2.24. The van der Waals surface area contributed by atoms with Crippen molar-refractivity contribution in [2.24, 2.45) is 0 Å². The summed E-state index contributed by atoms with van der Waals surface area (Å²) >= 11 is 3.36. The van der Waals surface area contributed by atoms with Crippen LogP contribution in [0.1, 0.15) is 34.6 Å². The van der Waals surface area contributed by atoms with Gasteiger partial charge in [-0.25, -0.2) is 4.79 Å².